The van der Waals surface area contributed by atoms with Crippen LogP contribution < -0.4 is 9.47 Å². The number of aromatic nitrogens is 1. The minimum Gasteiger partial charge on any atom is -0.497 e. The zero-order valence-electron chi connectivity index (χ0n) is 13.8. The molecular formula is C18H19NO5. The van der Waals surface area contributed by atoms with E-state index in [1.165, 1.54) is 13.1 Å². The summed E-state index contributed by atoms with van der Waals surface area (Å²) in [7, 11) is 1.55. The second kappa shape index (κ2) is 8.10. The number of benzene rings is 1. The van der Waals surface area contributed by atoms with Crippen molar-refractivity contribution < 1.29 is 23.8 Å². The molecule has 0 spiro atoms. The van der Waals surface area contributed by atoms with Crippen LogP contribution in [0.3, 0.4) is 0 Å². The third-order valence-corrected chi connectivity index (χ3v) is 3.30. The monoisotopic (exact) mass is 329 g/mol. The summed E-state index contributed by atoms with van der Waals surface area (Å²) in [4.78, 5) is 28.6. The van der Waals surface area contributed by atoms with E-state index in [-0.39, 0.29) is 17.2 Å². The highest BCUT2D eigenvalue weighted by molar-refractivity contribution is 6.01. The number of ketones is 1. The van der Waals surface area contributed by atoms with E-state index in [2.05, 4.69) is 4.98 Å². The average molecular weight is 329 g/mol. The lowest BCUT2D eigenvalue weighted by molar-refractivity contribution is 0.0314. The number of ether oxygens (including phenoxy) is 3. The van der Waals surface area contributed by atoms with Gasteiger partial charge in [-0.1, -0.05) is 0 Å². The number of rotatable bonds is 7. The normalized spacial score (nSPS) is 11.5. The lowest BCUT2D eigenvalue weighted by atomic mass is 10.1. The van der Waals surface area contributed by atoms with Gasteiger partial charge in [-0.25, -0.2) is 9.78 Å². The average Bonchev–Trinajstić information content (AvgIpc) is 2.61. The van der Waals surface area contributed by atoms with Crippen molar-refractivity contribution in [2.24, 2.45) is 0 Å². The smallest absolute Gasteiger partial charge is 0.344 e. The molecule has 0 aliphatic heterocycles. The summed E-state index contributed by atoms with van der Waals surface area (Å²) in [6.45, 7) is 3.69. The Morgan fingerprint density at radius 2 is 1.88 bits per heavy atom. The number of Topliss-reactive ketones (excluding diaryl/α,β-unsaturated/α-hetero) is 1. The van der Waals surface area contributed by atoms with Gasteiger partial charge in [-0.2, -0.15) is 0 Å². The molecule has 24 heavy (non-hydrogen) atoms. The standard InChI is InChI=1S/C18H19NO5/c1-4-23-17-15(6-5-11-19-17)18(21)24-12(2)16(20)13-7-9-14(22-3)10-8-13/h5-12H,4H2,1-3H3/t12-/m1/s1. The van der Waals surface area contributed by atoms with Crippen molar-refractivity contribution in [3.63, 3.8) is 0 Å². The van der Waals surface area contributed by atoms with Crippen molar-refractivity contribution in [2.45, 2.75) is 20.0 Å². The van der Waals surface area contributed by atoms with Gasteiger partial charge in [-0.3, -0.25) is 4.79 Å². The highest BCUT2D eigenvalue weighted by Gasteiger charge is 2.23. The molecule has 6 heteroatoms. The fourth-order valence-electron chi connectivity index (χ4n) is 2.07. The first-order valence-corrected chi connectivity index (χ1v) is 7.53. The number of esters is 1. The Kier molecular flexibility index (Phi) is 5.89. The number of carbonyl (C=O) groups excluding carboxylic acids is 2. The Morgan fingerprint density at radius 1 is 1.17 bits per heavy atom. The summed E-state index contributed by atoms with van der Waals surface area (Å²) in [5.74, 6) is -0.115. The minimum absolute atomic E-state index is 0.189. The molecule has 126 valence electrons. The molecular weight excluding hydrogens is 310 g/mol. The quantitative estimate of drug-likeness (QED) is 0.574. The summed E-state index contributed by atoms with van der Waals surface area (Å²) in [5, 5.41) is 0. The van der Waals surface area contributed by atoms with Crippen LogP contribution in [0.25, 0.3) is 0 Å². The number of methoxy groups -OCH3 is 1. The number of nitrogens with zero attached hydrogens (tertiary/aromatic N) is 1. The first-order chi connectivity index (χ1) is 11.6. The van der Waals surface area contributed by atoms with Gasteiger partial charge in [0.05, 0.1) is 13.7 Å². The van der Waals surface area contributed by atoms with Crippen LogP contribution in [-0.4, -0.2) is 36.6 Å². The van der Waals surface area contributed by atoms with Gasteiger partial charge >= 0.3 is 5.97 Å². The second-order valence-electron chi connectivity index (χ2n) is 4.93. The predicted molar refractivity (Wildman–Crippen MR) is 87.6 cm³/mol. The number of pyridine rings is 1. The molecule has 0 bridgehead atoms. The van der Waals surface area contributed by atoms with Crippen molar-refractivity contribution in [3.8, 4) is 11.6 Å². The molecule has 2 rings (SSSR count). The molecule has 6 nitrogen and oxygen atoms in total. The maximum absolute atomic E-state index is 12.4. The summed E-state index contributed by atoms with van der Waals surface area (Å²) in [6.07, 6.45) is 0.592. The van der Waals surface area contributed by atoms with Crippen molar-refractivity contribution in [2.75, 3.05) is 13.7 Å². The zero-order valence-corrected chi connectivity index (χ0v) is 13.8. The SMILES string of the molecule is CCOc1ncccc1C(=O)O[C@H](C)C(=O)c1ccc(OC)cc1. The van der Waals surface area contributed by atoms with E-state index < -0.39 is 12.1 Å². The van der Waals surface area contributed by atoms with Crippen LogP contribution in [0.5, 0.6) is 11.6 Å². The van der Waals surface area contributed by atoms with Gasteiger partial charge in [0.1, 0.15) is 11.3 Å². The second-order valence-corrected chi connectivity index (χ2v) is 4.93. The van der Waals surface area contributed by atoms with E-state index >= 15 is 0 Å². The molecule has 2 aromatic rings. The van der Waals surface area contributed by atoms with E-state index in [1.54, 1.807) is 50.4 Å². The van der Waals surface area contributed by atoms with Gasteiger partial charge in [0.15, 0.2) is 6.10 Å². The molecule has 0 saturated carbocycles. The van der Waals surface area contributed by atoms with E-state index in [4.69, 9.17) is 14.2 Å². The summed E-state index contributed by atoms with van der Waals surface area (Å²) < 4.78 is 15.6. The molecule has 1 aromatic carbocycles. The Labute approximate surface area is 140 Å². The molecule has 0 saturated heterocycles. The largest absolute Gasteiger partial charge is 0.497 e. The fraction of sp³-hybridized carbons (Fsp3) is 0.278. The summed E-state index contributed by atoms with van der Waals surface area (Å²) >= 11 is 0. The third kappa shape index (κ3) is 4.10. The van der Waals surface area contributed by atoms with Crippen molar-refractivity contribution in [1.29, 1.82) is 0 Å². The van der Waals surface area contributed by atoms with E-state index in [0.717, 1.165) is 0 Å². The van der Waals surface area contributed by atoms with Crippen LogP contribution in [0.1, 0.15) is 34.6 Å². The van der Waals surface area contributed by atoms with Crippen molar-refractivity contribution in [3.05, 3.63) is 53.7 Å². The molecule has 0 aliphatic carbocycles. The van der Waals surface area contributed by atoms with Crippen LogP contribution in [0.15, 0.2) is 42.6 Å². The van der Waals surface area contributed by atoms with Gasteiger partial charge in [0.25, 0.3) is 0 Å². The molecule has 0 fully saturated rings. The van der Waals surface area contributed by atoms with Gasteiger partial charge < -0.3 is 14.2 Å². The zero-order chi connectivity index (χ0) is 17.5. The maximum atomic E-state index is 12.4. The predicted octanol–water partition coefficient (Wildman–Crippen LogP) is 2.92. The minimum atomic E-state index is -0.930. The highest BCUT2D eigenvalue weighted by atomic mass is 16.5. The number of hydrogen-bond donors (Lipinski definition) is 0. The van der Waals surface area contributed by atoms with Crippen molar-refractivity contribution in [1.82, 2.24) is 4.98 Å². The Morgan fingerprint density at radius 3 is 2.50 bits per heavy atom. The van der Waals surface area contributed by atoms with Gasteiger partial charge in [0, 0.05) is 11.8 Å². The van der Waals surface area contributed by atoms with Crippen LogP contribution in [-0.2, 0) is 4.74 Å². The molecule has 1 aromatic heterocycles. The van der Waals surface area contributed by atoms with Crippen LogP contribution in [0, 0.1) is 0 Å². The van der Waals surface area contributed by atoms with Gasteiger partial charge in [0.2, 0.25) is 11.7 Å². The lowest BCUT2D eigenvalue weighted by Crippen LogP contribution is -2.24. The fourth-order valence-corrected chi connectivity index (χ4v) is 2.07. The lowest BCUT2D eigenvalue weighted by Gasteiger charge is -2.14. The van der Waals surface area contributed by atoms with Crippen LogP contribution in [0.4, 0.5) is 0 Å². The van der Waals surface area contributed by atoms with E-state index in [0.29, 0.717) is 17.9 Å². The van der Waals surface area contributed by atoms with Crippen LogP contribution >= 0.6 is 0 Å². The summed E-state index contributed by atoms with van der Waals surface area (Å²) in [5.41, 5.74) is 0.626. The topological polar surface area (TPSA) is 74.7 Å². The van der Waals surface area contributed by atoms with Crippen molar-refractivity contribution >= 4 is 11.8 Å². The Balaban J connectivity index is 2.09. The van der Waals surface area contributed by atoms with Gasteiger partial charge in [-0.05, 0) is 50.2 Å². The van der Waals surface area contributed by atoms with E-state index in [1.807, 2.05) is 0 Å². The molecule has 0 unspecified atom stereocenters. The molecule has 0 N–H and O–H groups in total. The number of carbonyl (C=O) groups is 2. The molecule has 0 aliphatic rings. The molecule has 1 heterocycles. The van der Waals surface area contributed by atoms with Crippen LogP contribution in [0.2, 0.25) is 0 Å². The molecule has 1 atom stereocenters. The number of hydrogen-bond acceptors (Lipinski definition) is 6. The molecule has 0 radical (unpaired) electrons. The highest BCUT2D eigenvalue weighted by Crippen LogP contribution is 2.18. The molecule has 0 amide bonds. The maximum Gasteiger partial charge on any atom is 0.344 e. The first-order valence-electron chi connectivity index (χ1n) is 7.53. The third-order valence-electron chi connectivity index (χ3n) is 3.30. The Hall–Kier alpha value is -2.89. The summed E-state index contributed by atoms with van der Waals surface area (Å²) in [6, 6.07) is 9.76. The first kappa shape index (κ1) is 17.5. The van der Waals surface area contributed by atoms with Gasteiger partial charge in [-0.15, -0.1) is 0 Å². The van der Waals surface area contributed by atoms with E-state index in [9.17, 15) is 9.59 Å². The Bertz CT molecular complexity index is 712.